The molecule has 1 N–H and O–H groups in total. The number of aromatic amines is 1. The minimum Gasteiger partial charge on any atom is -0.292 e. The Morgan fingerprint density at radius 1 is 1.47 bits per heavy atom. The Labute approximate surface area is 110 Å². The molecule has 0 saturated carbocycles. The van der Waals surface area contributed by atoms with E-state index < -0.39 is 5.69 Å². The molecule has 0 saturated heterocycles. The summed E-state index contributed by atoms with van der Waals surface area (Å²) in [5.41, 5.74) is -0.815. The third-order valence-electron chi connectivity index (χ3n) is 2.27. The van der Waals surface area contributed by atoms with Gasteiger partial charge in [0.25, 0.3) is 5.56 Å². The Morgan fingerprint density at radius 3 is 2.94 bits per heavy atom. The summed E-state index contributed by atoms with van der Waals surface area (Å²) in [7, 11) is 0. The first-order valence-electron chi connectivity index (χ1n) is 4.97. The number of rotatable bonds is 3. The van der Waals surface area contributed by atoms with Crippen LogP contribution in [0.2, 0.25) is 0 Å². The molecule has 2 aromatic heterocycles. The van der Waals surface area contributed by atoms with Crippen LogP contribution in [0.5, 0.6) is 0 Å². The van der Waals surface area contributed by atoms with Crippen LogP contribution in [0.1, 0.15) is 12.7 Å². The maximum absolute atomic E-state index is 11.6. The summed E-state index contributed by atoms with van der Waals surface area (Å²) >= 11 is 1.88. The normalized spacial score (nSPS) is 10.7. The van der Waals surface area contributed by atoms with Crippen LogP contribution in [0.15, 0.2) is 22.1 Å². The Balaban J connectivity index is 2.40. The van der Waals surface area contributed by atoms with Crippen LogP contribution in [-0.4, -0.2) is 24.3 Å². The summed E-state index contributed by atoms with van der Waals surface area (Å²) in [6, 6.07) is 0. The van der Waals surface area contributed by atoms with Gasteiger partial charge in [-0.3, -0.25) is 14.3 Å². The number of aryl methyl sites for hydroxylation is 1. The van der Waals surface area contributed by atoms with E-state index in [0.717, 1.165) is 0 Å². The van der Waals surface area contributed by atoms with Gasteiger partial charge in [-0.15, -0.1) is 0 Å². The largest absolute Gasteiger partial charge is 0.328 e. The van der Waals surface area contributed by atoms with Crippen molar-refractivity contribution in [1.29, 1.82) is 0 Å². The first-order chi connectivity index (χ1) is 8.11. The molecule has 7 nitrogen and oxygen atoms in total. The maximum Gasteiger partial charge on any atom is 0.328 e. The van der Waals surface area contributed by atoms with Crippen molar-refractivity contribution >= 4 is 22.6 Å². The van der Waals surface area contributed by atoms with Gasteiger partial charge >= 0.3 is 5.69 Å². The summed E-state index contributed by atoms with van der Waals surface area (Å²) in [6.07, 6.45) is 2.96. The lowest BCUT2D eigenvalue weighted by atomic mass is 10.5. The fraction of sp³-hybridized carbons (Fsp3) is 0.333. The highest BCUT2D eigenvalue weighted by molar-refractivity contribution is 14.1. The molecule has 8 heteroatoms. The van der Waals surface area contributed by atoms with Crippen LogP contribution in [0.25, 0.3) is 0 Å². The zero-order valence-electron chi connectivity index (χ0n) is 9.05. The molecule has 0 bridgehead atoms. The second-order valence-electron chi connectivity index (χ2n) is 3.36. The van der Waals surface area contributed by atoms with Gasteiger partial charge in [-0.1, -0.05) is 0 Å². The van der Waals surface area contributed by atoms with Gasteiger partial charge in [0.2, 0.25) is 0 Å². The minimum atomic E-state index is -0.443. The second kappa shape index (κ2) is 4.82. The standard InChI is InChI=1S/C9H10IN5O2/c1-2-15-7(11-5-12-15)4-14-3-6(10)8(16)13-9(14)17/h3,5H,2,4H2,1H3,(H,13,16,17). The summed E-state index contributed by atoms with van der Waals surface area (Å²) < 4.78 is 3.56. The predicted octanol–water partition coefficient (Wildman–Crippen LogP) is -0.199. The SMILES string of the molecule is CCn1ncnc1Cn1cc(I)c(=O)[nH]c1=O. The van der Waals surface area contributed by atoms with E-state index in [1.807, 2.05) is 29.5 Å². The zero-order chi connectivity index (χ0) is 12.4. The number of nitrogens with zero attached hydrogens (tertiary/aromatic N) is 4. The smallest absolute Gasteiger partial charge is 0.292 e. The molecule has 0 fully saturated rings. The average molecular weight is 347 g/mol. The van der Waals surface area contributed by atoms with E-state index in [9.17, 15) is 9.59 Å². The van der Waals surface area contributed by atoms with E-state index in [1.54, 1.807) is 4.68 Å². The lowest BCUT2D eigenvalue weighted by molar-refractivity contribution is 0.578. The second-order valence-corrected chi connectivity index (χ2v) is 4.52. The van der Waals surface area contributed by atoms with Crippen LogP contribution in [-0.2, 0) is 13.1 Å². The third kappa shape index (κ3) is 2.46. The van der Waals surface area contributed by atoms with Crippen LogP contribution in [0, 0.1) is 3.57 Å². The molecule has 0 spiro atoms. The Kier molecular flexibility index (Phi) is 3.41. The third-order valence-corrected chi connectivity index (χ3v) is 3.04. The van der Waals surface area contributed by atoms with E-state index in [2.05, 4.69) is 15.1 Å². The van der Waals surface area contributed by atoms with Crippen molar-refractivity contribution in [1.82, 2.24) is 24.3 Å². The molecular weight excluding hydrogens is 337 g/mol. The Hall–Kier alpha value is -1.45. The molecular formula is C9H10IN5O2. The van der Waals surface area contributed by atoms with E-state index in [0.29, 0.717) is 22.5 Å². The van der Waals surface area contributed by atoms with Gasteiger partial charge in [-0.25, -0.2) is 14.5 Å². The zero-order valence-corrected chi connectivity index (χ0v) is 11.2. The van der Waals surface area contributed by atoms with Gasteiger partial charge in [-0.2, -0.15) is 5.10 Å². The molecule has 0 aliphatic heterocycles. The molecule has 2 heterocycles. The topological polar surface area (TPSA) is 85.6 Å². The van der Waals surface area contributed by atoms with Gasteiger partial charge in [0.05, 0.1) is 10.1 Å². The van der Waals surface area contributed by atoms with Gasteiger partial charge in [0.1, 0.15) is 12.2 Å². The van der Waals surface area contributed by atoms with Crippen LogP contribution < -0.4 is 11.2 Å². The van der Waals surface area contributed by atoms with Crippen molar-refractivity contribution in [2.75, 3.05) is 0 Å². The molecule has 0 unspecified atom stereocenters. The average Bonchev–Trinajstić information content (AvgIpc) is 2.73. The highest BCUT2D eigenvalue weighted by atomic mass is 127. The van der Waals surface area contributed by atoms with Crippen molar-refractivity contribution in [2.45, 2.75) is 20.0 Å². The fourth-order valence-corrected chi connectivity index (χ4v) is 1.90. The number of nitrogens with one attached hydrogen (secondary N) is 1. The highest BCUT2D eigenvalue weighted by Crippen LogP contribution is 1.98. The first-order valence-corrected chi connectivity index (χ1v) is 6.05. The van der Waals surface area contributed by atoms with Crippen LogP contribution in [0.3, 0.4) is 0 Å². The molecule has 0 aromatic carbocycles. The monoisotopic (exact) mass is 347 g/mol. The quantitative estimate of drug-likeness (QED) is 0.780. The molecule has 0 atom stereocenters. The molecule has 17 heavy (non-hydrogen) atoms. The fourth-order valence-electron chi connectivity index (χ4n) is 1.43. The van der Waals surface area contributed by atoms with E-state index >= 15 is 0 Å². The van der Waals surface area contributed by atoms with Crippen molar-refractivity contribution in [3.8, 4) is 0 Å². The lowest BCUT2D eigenvalue weighted by Crippen LogP contribution is -2.31. The van der Waals surface area contributed by atoms with Gasteiger partial charge in [0, 0.05) is 12.7 Å². The molecule has 2 aromatic rings. The number of H-pyrrole nitrogens is 1. The van der Waals surface area contributed by atoms with Crippen molar-refractivity contribution in [3.63, 3.8) is 0 Å². The minimum absolute atomic E-state index is 0.291. The molecule has 2 rings (SSSR count). The maximum atomic E-state index is 11.6. The van der Waals surface area contributed by atoms with E-state index in [-0.39, 0.29) is 5.56 Å². The molecule has 90 valence electrons. The van der Waals surface area contributed by atoms with Crippen molar-refractivity contribution in [2.24, 2.45) is 0 Å². The Bertz CT molecular complexity index is 641. The van der Waals surface area contributed by atoms with E-state index in [4.69, 9.17) is 0 Å². The van der Waals surface area contributed by atoms with Gasteiger partial charge in [-0.05, 0) is 29.5 Å². The molecule has 0 aliphatic carbocycles. The lowest BCUT2D eigenvalue weighted by Gasteiger charge is -2.05. The highest BCUT2D eigenvalue weighted by Gasteiger charge is 2.07. The van der Waals surface area contributed by atoms with Gasteiger partial charge in [0.15, 0.2) is 0 Å². The number of aromatic nitrogens is 5. The van der Waals surface area contributed by atoms with Gasteiger partial charge < -0.3 is 0 Å². The summed E-state index contributed by atoms with van der Waals surface area (Å²) in [6.45, 7) is 2.92. The number of hydrogen-bond donors (Lipinski definition) is 1. The van der Waals surface area contributed by atoms with Crippen molar-refractivity contribution in [3.05, 3.63) is 42.8 Å². The number of halogens is 1. The Morgan fingerprint density at radius 2 is 2.24 bits per heavy atom. The van der Waals surface area contributed by atoms with Crippen LogP contribution in [0.4, 0.5) is 0 Å². The number of hydrogen-bond acceptors (Lipinski definition) is 4. The van der Waals surface area contributed by atoms with Crippen molar-refractivity contribution < 1.29 is 0 Å². The van der Waals surface area contributed by atoms with Crippen LogP contribution >= 0.6 is 22.6 Å². The predicted molar refractivity (Wildman–Crippen MR) is 68.8 cm³/mol. The summed E-state index contributed by atoms with van der Waals surface area (Å²) in [4.78, 5) is 29.1. The summed E-state index contributed by atoms with van der Waals surface area (Å²) in [5, 5.41) is 4.02. The molecule has 0 radical (unpaired) electrons. The molecule has 0 amide bonds. The summed E-state index contributed by atoms with van der Waals surface area (Å²) in [5.74, 6) is 0.678. The first kappa shape index (κ1) is 12.0. The van der Waals surface area contributed by atoms with E-state index in [1.165, 1.54) is 17.1 Å². The molecule has 0 aliphatic rings.